The van der Waals surface area contributed by atoms with Crippen LogP contribution in [0.3, 0.4) is 0 Å². The lowest BCUT2D eigenvalue weighted by atomic mass is 10.1. The zero-order chi connectivity index (χ0) is 18.5. The highest BCUT2D eigenvalue weighted by atomic mass is 16.5. The van der Waals surface area contributed by atoms with Gasteiger partial charge in [0.25, 0.3) is 5.91 Å². The predicted molar refractivity (Wildman–Crippen MR) is 104 cm³/mol. The van der Waals surface area contributed by atoms with E-state index in [1.54, 1.807) is 6.21 Å². The molecule has 5 heteroatoms. The number of carbonyl (C=O) groups is 1. The van der Waals surface area contributed by atoms with Gasteiger partial charge in [-0.3, -0.25) is 9.78 Å². The molecule has 1 aromatic heterocycles. The number of rotatable bonds is 5. The Labute approximate surface area is 152 Å². The Bertz CT molecular complexity index is 980. The summed E-state index contributed by atoms with van der Waals surface area (Å²) in [5.74, 6) is 0.440. The molecule has 26 heavy (non-hydrogen) atoms. The number of ether oxygens (including phenoxy) is 1. The van der Waals surface area contributed by atoms with Crippen LogP contribution in [0.25, 0.3) is 10.9 Å². The number of hydrogen-bond donors (Lipinski definition) is 1. The Morgan fingerprint density at radius 3 is 2.81 bits per heavy atom. The number of pyridine rings is 1. The number of hydrazone groups is 1. The van der Waals surface area contributed by atoms with Crippen LogP contribution in [0.5, 0.6) is 5.75 Å². The monoisotopic (exact) mass is 347 g/mol. The number of nitrogens with one attached hydrogen (secondary N) is 1. The van der Waals surface area contributed by atoms with Crippen molar-refractivity contribution in [1.82, 2.24) is 10.4 Å². The minimum atomic E-state index is -0.288. The van der Waals surface area contributed by atoms with E-state index in [9.17, 15) is 4.79 Å². The number of aryl methyl sites for hydroxylation is 2. The summed E-state index contributed by atoms with van der Waals surface area (Å²) in [6.07, 6.45) is 1.58. The highest BCUT2D eigenvalue weighted by Crippen LogP contribution is 2.20. The van der Waals surface area contributed by atoms with Gasteiger partial charge < -0.3 is 4.74 Å². The van der Waals surface area contributed by atoms with E-state index in [0.29, 0.717) is 17.9 Å². The van der Waals surface area contributed by atoms with E-state index in [2.05, 4.69) is 15.5 Å². The average Bonchev–Trinajstić information content (AvgIpc) is 2.63. The molecular formula is C21H21N3O2. The summed E-state index contributed by atoms with van der Waals surface area (Å²) in [7, 11) is 0. The molecule has 1 heterocycles. The van der Waals surface area contributed by atoms with Crippen molar-refractivity contribution in [1.29, 1.82) is 0 Å². The second-order valence-corrected chi connectivity index (χ2v) is 5.94. The normalized spacial score (nSPS) is 11.0. The molecule has 0 radical (unpaired) electrons. The molecule has 132 valence electrons. The maximum atomic E-state index is 12.5. The maximum absolute atomic E-state index is 12.5. The van der Waals surface area contributed by atoms with Crippen molar-refractivity contribution in [2.75, 3.05) is 6.61 Å². The van der Waals surface area contributed by atoms with Gasteiger partial charge in [-0.25, -0.2) is 5.43 Å². The molecule has 0 saturated heterocycles. The Hall–Kier alpha value is -3.21. The van der Waals surface area contributed by atoms with Gasteiger partial charge in [0.1, 0.15) is 5.75 Å². The van der Waals surface area contributed by atoms with E-state index in [1.807, 2.05) is 69.3 Å². The van der Waals surface area contributed by atoms with Crippen molar-refractivity contribution in [3.8, 4) is 5.75 Å². The standard InChI is InChI=1S/C21H21N3O2/c1-4-26-19-11-6-5-9-17(19)13-22-24-21(25)18-12-16-10-7-8-14(2)20(16)23-15(18)3/h5-13H,4H2,1-3H3,(H,24,25). The van der Waals surface area contributed by atoms with Gasteiger partial charge in [0.2, 0.25) is 0 Å². The number of nitrogens with zero attached hydrogens (tertiary/aromatic N) is 2. The predicted octanol–water partition coefficient (Wildman–Crippen LogP) is 4.01. The number of aromatic nitrogens is 1. The van der Waals surface area contributed by atoms with Gasteiger partial charge in [-0.05, 0) is 44.5 Å². The van der Waals surface area contributed by atoms with Gasteiger partial charge in [0.15, 0.2) is 0 Å². The Balaban J connectivity index is 1.81. The summed E-state index contributed by atoms with van der Waals surface area (Å²) >= 11 is 0. The van der Waals surface area contributed by atoms with Crippen LogP contribution in [-0.2, 0) is 0 Å². The second kappa shape index (κ2) is 7.78. The van der Waals surface area contributed by atoms with E-state index < -0.39 is 0 Å². The number of fused-ring (bicyclic) bond motifs is 1. The third-order valence-electron chi connectivity index (χ3n) is 4.07. The summed E-state index contributed by atoms with van der Waals surface area (Å²) in [5, 5.41) is 5.00. The van der Waals surface area contributed by atoms with Gasteiger partial charge in [-0.2, -0.15) is 5.10 Å². The molecule has 2 aromatic carbocycles. The average molecular weight is 347 g/mol. The van der Waals surface area contributed by atoms with Crippen LogP contribution >= 0.6 is 0 Å². The lowest BCUT2D eigenvalue weighted by molar-refractivity contribution is 0.0954. The molecular weight excluding hydrogens is 326 g/mol. The van der Waals surface area contributed by atoms with Crippen molar-refractivity contribution in [2.24, 2.45) is 5.10 Å². The minimum Gasteiger partial charge on any atom is -0.493 e. The van der Waals surface area contributed by atoms with Gasteiger partial charge in [-0.15, -0.1) is 0 Å². The third kappa shape index (κ3) is 3.72. The van der Waals surface area contributed by atoms with Gasteiger partial charge in [0.05, 0.1) is 29.6 Å². The molecule has 3 rings (SSSR count). The lowest BCUT2D eigenvalue weighted by Crippen LogP contribution is -2.19. The molecule has 0 aliphatic carbocycles. The first kappa shape index (κ1) is 17.6. The van der Waals surface area contributed by atoms with Crippen molar-refractivity contribution in [3.05, 3.63) is 70.9 Å². The van der Waals surface area contributed by atoms with E-state index in [1.165, 1.54) is 0 Å². The van der Waals surface area contributed by atoms with Gasteiger partial charge in [0, 0.05) is 10.9 Å². The molecule has 0 fully saturated rings. The summed E-state index contributed by atoms with van der Waals surface area (Å²) in [6, 6.07) is 15.3. The molecule has 0 atom stereocenters. The number of carbonyl (C=O) groups excluding carboxylic acids is 1. The van der Waals surface area contributed by atoms with E-state index in [4.69, 9.17) is 4.74 Å². The summed E-state index contributed by atoms with van der Waals surface area (Å²) < 4.78 is 5.54. The molecule has 5 nitrogen and oxygen atoms in total. The second-order valence-electron chi connectivity index (χ2n) is 5.94. The SMILES string of the molecule is CCOc1ccccc1C=NNC(=O)c1cc2cccc(C)c2nc1C. The fourth-order valence-electron chi connectivity index (χ4n) is 2.76. The fourth-order valence-corrected chi connectivity index (χ4v) is 2.76. The van der Waals surface area contributed by atoms with Crippen molar-refractivity contribution >= 4 is 23.0 Å². The molecule has 0 saturated carbocycles. The largest absolute Gasteiger partial charge is 0.493 e. The van der Waals surface area contributed by atoms with Gasteiger partial charge in [-0.1, -0.05) is 30.3 Å². The first-order valence-electron chi connectivity index (χ1n) is 8.52. The van der Waals surface area contributed by atoms with Crippen LogP contribution < -0.4 is 10.2 Å². The fraction of sp³-hybridized carbons (Fsp3) is 0.190. The van der Waals surface area contributed by atoms with Crippen LogP contribution in [0.4, 0.5) is 0 Å². The lowest BCUT2D eigenvalue weighted by Gasteiger charge is -2.08. The van der Waals surface area contributed by atoms with Crippen molar-refractivity contribution in [3.63, 3.8) is 0 Å². The maximum Gasteiger partial charge on any atom is 0.273 e. The third-order valence-corrected chi connectivity index (χ3v) is 4.07. The summed E-state index contributed by atoms with van der Waals surface area (Å²) in [6.45, 7) is 6.33. The Morgan fingerprint density at radius 2 is 2.00 bits per heavy atom. The minimum absolute atomic E-state index is 0.288. The molecule has 1 amide bonds. The number of benzene rings is 2. The Morgan fingerprint density at radius 1 is 1.19 bits per heavy atom. The zero-order valence-corrected chi connectivity index (χ0v) is 15.1. The van der Waals surface area contributed by atoms with Crippen LogP contribution in [0.15, 0.2) is 53.6 Å². The van der Waals surface area contributed by atoms with E-state index in [0.717, 1.165) is 27.8 Å². The number of para-hydroxylation sites is 2. The van der Waals surface area contributed by atoms with Crippen LogP contribution in [0, 0.1) is 13.8 Å². The van der Waals surface area contributed by atoms with Crippen molar-refractivity contribution < 1.29 is 9.53 Å². The van der Waals surface area contributed by atoms with Crippen molar-refractivity contribution in [2.45, 2.75) is 20.8 Å². The molecule has 1 N–H and O–H groups in total. The highest BCUT2D eigenvalue weighted by molar-refractivity contribution is 5.99. The topological polar surface area (TPSA) is 63.6 Å². The first-order valence-corrected chi connectivity index (χ1v) is 8.52. The molecule has 0 aliphatic rings. The molecule has 0 spiro atoms. The van der Waals surface area contributed by atoms with Crippen LogP contribution in [0.2, 0.25) is 0 Å². The number of amides is 1. The molecule has 0 unspecified atom stereocenters. The molecule has 0 aliphatic heterocycles. The smallest absolute Gasteiger partial charge is 0.273 e. The summed E-state index contributed by atoms with van der Waals surface area (Å²) in [4.78, 5) is 17.1. The Kier molecular flexibility index (Phi) is 5.27. The van der Waals surface area contributed by atoms with Gasteiger partial charge >= 0.3 is 0 Å². The van der Waals surface area contributed by atoms with E-state index in [-0.39, 0.29) is 5.91 Å². The van der Waals surface area contributed by atoms with E-state index >= 15 is 0 Å². The quantitative estimate of drug-likeness (QED) is 0.560. The van der Waals surface area contributed by atoms with Crippen LogP contribution in [0.1, 0.15) is 34.1 Å². The number of hydrogen-bond acceptors (Lipinski definition) is 4. The van der Waals surface area contributed by atoms with Crippen LogP contribution in [-0.4, -0.2) is 23.7 Å². The summed E-state index contributed by atoms with van der Waals surface area (Å²) in [5.41, 5.74) is 6.56. The highest BCUT2D eigenvalue weighted by Gasteiger charge is 2.12. The molecule has 3 aromatic rings. The first-order chi connectivity index (χ1) is 12.6. The molecule has 0 bridgehead atoms. The zero-order valence-electron chi connectivity index (χ0n) is 15.1.